The Hall–Kier alpha value is -2.44. The number of rotatable bonds is 4. The van der Waals surface area contributed by atoms with Gasteiger partial charge in [-0.25, -0.2) is 0 Å². The molecule has 2 unspecified atom stereocenters. The Labute approximate surface area is 170 Å². The summed E-state index contributed by atoms with van der Waals surface area (Å²) >= 11 is 0. The van der Waals surface area contributed by atoms with Gasteiger partial charge < -0.3 is 19.1 Å². The van der Waals surface area contributed by atoms with Crippen molar-refractivity contribution in [3.05, 3.63) is 59.4 Å². The molecular formula is C23H26N2O4. The second-order valence-corrected chi connectivity index (χ2v) is 8.34. The number of carbonyl (C=O) groups is 1. The van der Waals surface area contributed by atoms with Crippen LogP contribution in [0, 0.1) is 6.92 Å². The predicted octanol–water partition coefficient (Wildman–Crippen LogP) is 2.67. The Bertz CT molecular complexity index is 884. The second-order valence-electron chi connectivity index (χ2n) is 8.34. The third-order valence-electron chi connectivity index (χ3n) is 6.05. The van der Waals surface area contributed by atoms with E-state index in [2.05, 4.69) is 4.98 Å². The zero-order valence-electron chi connectivity index (χ0n) is 16.7. The fraction of sp³-hybridized carbons (Fsp3) is 0.478. The number of hydrogen-bond acceptors (Lipinski definition) is 5. The highest BCUT2D eigenvalue weighted by atomic mass is 16.5. The van der Waals surface area contributed by atoms with Gasteiger partial charge in [0.05, 0.1) is 31.5 Å². The van der Waals surface area contributed by atoms with Gasteiger partial charge in [0.2, 0.25) is 0 Å². The van der Waals surface area contributed by atoms with Crippen molar-refractivity contribution in [2.75, 3.05) is 19.7 Å². The Morgan fingerprint density at radius 1 is 1.24 bits per heavy atom. The summed E-state index contributed by atoms with van der Waals surface area (Å²) in [6, 6.07) is 13.9. The lowest BCUT2D eigenvalue weighted by molar-refractivity contribution is -0.205. The number of para-hydroxylation sites is 1. The molecule has 1 aromatic carbocycles. The van der Waals surface area contributed by atoms with Gasteiger partial charge in [0, 0.05) is 25.1 Å². The zero-order chi connectivity index (χ0) is 19.8. The van der Waals surface area contributed by atoms with E-state index >= 15 is 0 Å². The molecule has 4 heterocycles. The molecule has 3 aliphatic rings. The SMILES string of the molecule is Cc1cccc(COC2CCOC3(C2)CN(C(=O)C2Cc4ccccc4O2)C3)n1. The van der Waals surface area contributed by atoms with E-state index in [0.29, 0.717) is 32.7 Å². The van der Waals surface area contributed by atoms with Gasteiger partial charge in [-0.05, 0) is 37.1 Å². The number of likely N-dealkylation sites (tertiary alicyclic amines) is 1. The molecule has 2 saturated heterocycles. The Morgan fingerprint density at radius 3 is 2.93 bits per heavy atom. The molecule has 0 bridgehead atoms. The van der Waals surface area contributed by atoms with Crippen LogP contribution in [0.1, 0.15) is 29.8 Å². The minimum absolute atomic E-state index is 0.0578. The van der Waals surface area contributed by atoms with E-state index in [1.165, 1.54) is 0 Å². The number of amides is 1. The van der Waals surface area contributed by atoms with E-state index in [9.17, 15) is 4.79 Å². The van der Waals surface area contributed by atoms with Gasteiger partial charge in [-0.1, -0.05) is 24.3 Å². The van der Waals surface area contributed by atoms with Gasteiger partial charge in [0.25, 0.3) is 5.91 Å². The van der Waals surface area contributed by atoms with E-state index in [1.54, 1.807) is 0 Å². The highest BCUT2D eigenvalue weighted by molar-refractivity contribution is 5.83. The summed E-state index contributed by atoms with van der Waals surface area (Å²) in [7, 11) is 0. The van der Waals surface area contributed by atoms with Crippen LogP contribution in [0.15, 0.2) is 42.5 Å². The van der Waals surface area contributed by atoms with Crippen LogP contribution in [0.2, 0.25) is 0 Å². The van der Waals surface area contributed by atoms with Crippen LogP contribution in [0.25, 0.3) is 0 Å². The van der Waals surface area contributed by atoms with Gasteiger partial charge >= 0.3 is 0 Å². The molecule has 2 fully saturated rings. The van der Waals surface area contributed by atoms with Crippen LogP contribution >= 0.6 is 0 Å². The molecule has 1 spiro atoms. The maximum absolute atomic E-state index is 12.9. The number of aromatic nitrogens is 1. The standard InChI is InChI=1S/C23H26N2O4/c1-16-5-4-7-18(24-16)13-27-19-9-10-28-23(12-19)14-25(15-23)22(26)21-11-17-6-2-3-8-20(17)29-21/h2-8,19,21H,9-15H2,1H3. The van der Waals surface area contributed by atoms with Gasteiger partial charge in [-0.15, -0.1) is 0 Å². The molecule has 29 heavy (non-hydrogen) atoms. The van der Waals surface area contributed by atoms with Crippen molar-refractivity contribution in [3.8, 4) is 5.75 Å². The molecule has 3 aliphatic heterocycles. The van der Waals surface area contributed by atoms with E-state index in [1.807, 2.05) is 54.3 Å². The smallest absolute Gasteiger partial charge is 0.264 e. The lowest BCUT2D eigenvalue weighted by Crippen LogP contribution is -2.68. The molecule has 1 amide bonds. The number of pyridine rings is 1. The molecular weight excluding hydrogens is 368 g/mol. The van der Waals surface area contributed by atoms with E-state index < -0.39 is 6.10 Å². The Morgan fingerprint density at radius 2 is 2.10 bits per heavy atom. The van der Waals surface area contributed by atoms with Crippen LogP contribution in [-0.2, 0) is 27.3 Å². The van der Waals surface area contributed by atoms with Crippen molar-refractivity contribution in [2.24, 2.45) is 0 Å². The first-order valence-electron chi connectivity index (χ1n) is 10.3. The topological polar surface area (TPSA) is 60.9 Å². The number of aryl methyl sites for hydroxylation is 1. The fourth-order valence-electron chi connectivity index (χ4n) is 4.56. The van der Waals surface area contributed by atoms with Gasteiger partial charge in [-0.2, -0.15) is 0 Å². The molecule has 0 N–H and O–H groups in total. The van der Waals surface area contributed by atoms with Crippen LogP contribution in [0.3, 0.4) is 0 Å². The van der Waals surface area contributed by atoms with Crippen molar-refractivity contribution in [2.45, 2.75) is 50.6 Å². The molecule has 0 aliphatic carbocycles. The van der Waals surface area contributed by atoms with Gasteiger partial charge in [-0.3, -0.25) is 9.78 Å². The first-order chi connectivity index (χ1) is 14.1. The summed E-state index contributed by atoms with van der Waals surface area (Å²) < 4.78 is 18.1. The first kappa shape index (κ1) is 18.6. The lowest BCUT2D eigenvalue weighted by atomic mass is 9.84. The first-order valence-corrected chi connectivity index (χ1v) is 10.3. The van der Waals surface area contributed by atoms with Gasteiger partial charge in [0.15, 0.2) is 6.10 Å². The highest BCUT2D eigenvalue weighted by Crippen LogP contribution is 2.37. The molecule has 5 rings (SSSR count). The maximum atomic E-state index is 12.9. The van der Waals surface area contributed by atoms with Gasteiger partial charge in [0.1, 0.15) is 11.4 Å². The third kappa shape index (κ3) is 3.74. The molecule has 152 valence electrons. The molecule has 6 heteroatoms. The monoisotopic (exact) mass is 394 g/mol. The molecule has 2 atom stereocenters. The van der Waals surface area contributed by atoms with Crippen molar-refractivity contribution in [1.82, 2.24) is 9.88 Å². The minimum Gasteiger partial charge on any atom is -0.480 e. The number of hydrogen-bond donors (Lipinski definition) is 0. The quantitative estimate of drug-likeness (QED) is 0.798. The molecule has 6 nitrogen and oxygen atoms in total. The van der Waals surface area contributed by atoms with Crippen LogP contribution in [0.4, 0.5) is 0 Å². The van der Waals surface area contributed by atoms with Crippen molar-refractivity contribution < 1.29 is 19.0 Å². The summed E-state index contributed by atoms with van der Waals surface area (Å²) in [5.41, 5.74) is 2.78. The van der Waals surface area contributed by atoms with E-state index in [-0.39, 0.29) is 17.6 Å². The fourth-order valence-corrected chi connectivity index (χ4v) is 4.56. The summed E-state index contributed by atoms with van der Waals surface area (Å²) in [6.45, 7) is 4.40. The number of nitrogens with zero attached hydrogens (tertiary/aromatic N) is 2. The van der Waals surface area contributed by atoms with Crippen LogP contribution in [-0.4, -0.2) is 53.3 Å². The second kappa shape index (κ2) is 7.43. The molecule has 0 radical (unpaired) electrons. The Balaban J connectivity index is 1.14. The summed E-state index contributed by atoms with van der Waals surface area (Å²) in [5, 5.41) is 0. The Kier molecular flexibility index (Phi) is 4.76. The minimum atomic E-state index is -0.409. The number of benzene rings is 1. The predicted molar refractivity (Wildman–Crippen MR) is 107 cm³/mol. The molecule has 2 aromatic rings. The number of ether oxygens (including phenoxy) is 3. The number of fused-ring (bicyclic) bond motifs is 1. The average molecular weight is 394 g/mol. The largest absolute Gasteiger partial charge is 0.480 e. The maximum Gasteiger partial charge on any atom is 0.264 e. The third-order valence-corrected chi connectivity index (χ3v) is 6.05. The van der Waals surface area contributed by atoms with Crippen LogP contribution in [0.5, 0.6) is 5.75 Å². The van der Waals surface area contributed by atoms with E-state index in [0.717, 1.165) is 35.5 Å². The molecule has 1 aromatic heterocycles. The number of carbonyl (C=O) groups excluding carboxylic acids is 1. The average Bonchev–Trinajstić information content (AvgIpc) is 3.14. The zero-order valence-corrected chi connectivity index (χ0v) is 16.7. The summed E-state index contributed by atoms with van der Waals surface area (Å²) in [6.07, 6.45) is 2.06. The highest BCUT2D eigenvalue weighted by Gasteiger charge is 2.51. The van der Waals surface area contributed by atoms with E-state index in [4.69, 9.17) is 14.2 Å². The van der Waals surface area contributed by atoms with Crippen molar-refractivity contribution in [1.29, 1.82) is 0 Å². The molecule has 0 saturated carbocycles. The normalized spacial score (nSPS) is 24.7. The summed E-state index contributed by atoms with van der Waals surface area (Å²) in [4.78, 5) is 19.2. The van der Waals surface area contributed by atoms with Crippen molar-refractivity contribution in [3.63, 3.8) is 0 Å². The lowest BCUT2D eigenvalue weighted by Gasteiger charge is -2.53. The summed E-state index contributed by atoms with van der Waals surface area (Å²) in [5.74, 6) is 0.885. The van der Waals surface area contributed by atoms with Crippen molar-refractivity contribution >= 4 is 5.91 Å². The van der Waals surface area contributed by atoms with Crippen LogP contribution < -0.4 is 4.74 Å².